The van der Waals surface area contributed by atoms with E-state index in [1.807, 2.05) is 41.3 Å². The Morgan fingerprint density at radius 3 is 2.52 bits per heavy atom. The molecule has 31 heavy (non-hydrogen) atoms. The first-order valence-corrected chi connectivity index (χ1v) is 11.8. The molecule has 158 valence electrons. The largest absolute Gasteiger partial charge is 0.368 e. The van der Waals surface area contributed by atoms with Crippen LogP contribution in [0.15, 0.2) is 42.5 Å². The van der Waals surface area contributed by atoms with Crippen LogP contribution in [-0.4, -0.2) is 42.0 Å². The number of thiophene rings is 1. The Hall–Kier alpha value is -2.34. The van der Waals surface area contributed by atoms with E-state index >= 15 is 0 Å². The van der Waals surface area contributed by atoms with Gasteiger partial charge in [0.25, 0.3) is 5.91 Å². The summed E-state index contributed by atoms with van der Waals surface area (Å²) in [6.45, 7) is 7.05. The van der Waals surface area contributed by atoms with Crippen LogP contribution in [0.1, 0.15) is 20.8 Å². The molecule has 1 aliphatic rings. The van der Waals surface area contributed by atoms with E-state index in [0.29, 0.717) is 23.1 Å². The molecule has 3 heterocycles. The molecule has 2 aromatic carbocycles. The Kier molecular flexibility index (Phi) is 5.29. The van der Waals surface area contributed by atoms with Gasteiger partial charge < -0.3 is 9.80 Å². The van der Waals surface area contributed by atoms with Crippen molar-refractivity contribution >= 4 is 67.1 Å². The monoisotopic (exact) mass is 469 g/mol. The Morgan fingerprint density at radius 2 is 1.74 bits per heavy atom. The number of benzene rings is 2. The fourth-order valence-electron chi connectivity index (χ4n) is 4.17. The maximum Gasteiger partial charge on any atom is 0.264 e. The van der Waals surface area contributed by atoms with Gasteiger partial charge in [-0.3, -0.25) is 4.79 Å². The molecular weight excluding hydrogens is 449 g/mol. The van der Waals surface area contributed by atoms with E-state index in [-0.39, 0.29) is 5.91 Å². The molecule has 0 bridgehead atoms. The molecule has 5 rings (SSSR count). The Labute approximate surface area is 195 Å². The van der Waals surface area contributed by atoms with Crippen molar-refractivity contribution in [2.45, 2.75) is 13.8 Å². The Bertz CT molecular complexity index is 1330. The molecule has 0 unspecified atom stereocenters. The number of halogens is 2. The standard InChI is InChI=1S/C24H21Cl2N3OS/c1-14-3-6-19-17(11-14)22-18(23(26)27-19)13-21(31-22)24(30)29-9-7-28(8-10-29)20-12-16(25)5-4-15(20)2/h3-6,11-13H,7-10H2,1-2H3. The first-order valence-electron chi connectivity index (χ1n) is 10.2. The number of hydrogen-bond donors (Lipinski definition) is 0. The summed E-state index contributed by atoms with van der Waals surface area (Å²) >= 11 is 14.1. The molecule has 0 spiro atoms. The van der Waals surface area contributed by atoms with E-state index in [4.69, 9.17) is 23.2 Å². The predicted octanol–water partition coefficient (Wildman–Crippen LogP) is 6.34. The molecule has 0 atom stereocenters. The number of pyridine rings is 1. The number of aryl methyl sites for hydroxylation is 2. The Morgan fingerprint density at radius 1 is 0.968 bits per heavy atom. The van der Waals surface area contributed by atoms with Gasteiger partial charge in [0.05, 0.1) is 10.4 Å². The topological polar surface area (TPSA) is 36.4 Å². The molecule has 0 aliphatic carbocycles. The van der Waals surface area contributed by atoms with Crippen LogP contribution in [0.3, 0.4) is 0 Å². The number of anilines is 1. The third-order valence-electron chi connectivity index (χ3n) is 5.86. The van der Waals surface area contributed by atoms with Crippen molar-refractivity contribution in [3.8, 4) is 0 Å². The molecule has 0 radical (unpaired) electrons. The average Bonchev–Trinajstić information content (AvgIpc) is 3.22. The minimum Gasteiger partial charge on any atom is -0.368 e. The summed E-state index contributed by atoms with van der Waals surface area (Å²) in [7, 11) is 0. The summed E-state index contributed by atoms with van der Waals surface area (Å²) < 4.78 is 1.02. The van der Waals surface area contributed by atoms with Crippen molar-refractivity contribution in [1.82, 2.24) is 9.88 Å². The zero-order valence-corrected chi connectivity index (χ0v) is 19.6. The smallest absolute Gasteiger partial charge is 0.264 e. The summed E-state index contributed by atoms with van der Waals surface area (Å²) in [4.78, 5) is 22.7. The highest BCUT2D eigenvalue weighted by molar-refractivity contribution is 7.21. The van der Waals surface area contributed by atoms with Crippen LogP contribution < -0.4 is 4.90 Å². The van der Waals surface area contributed by atoms with Gasteiger partial charge in [-0.25, -0.2) is 4.98 Å². The van der Waals surface area contributed by atoms with Crippen molar-refractivity contribution in [2.75, 3.05) is 31.1 Å². The molecule has 4 nitrogen and oxygen atoms in total. The van der Waals surface area contributed by atoms with Gasteiger partial charge >= 0.3 is 0 Å². The quantitative estimate of drug-likeness (QED) is 0.321. The number of hydrogen-bond acceptors (Lipinski definition) is 4. The highest BCUT2D eigenvalue weighted by atomic mass is 35.5. The molecule has 7 heteroatoms. The summed E-state index contributed by atoms with van der Waals surface area (Å²) in [6, 6.07) is 14.0. The number of carbonyl (C=O) groups excluding carboxylic acids is 1. The zero-order chi connectivity index (χ0) is 21.7. The van der Waals surface area contributed by atoms with Crippen molar-refractivity contribution in [2.24, 2.45) is 0 Å². The van der Waals surface area contributed by atoms with E-state index in [9.17, 15) is 4.79 Å². The van der Waals surface area contributed by atoms with Crippen LogP contribution >= 0.6 is 34.5 Å². The van der Waals surface area contributed by atoms with E-state index in [0.717, 1.165) is 50.4 Å². The molecule has 1 aliphatic heterocycles. The molecule has 0 N–H and O–H groups in total. The van der Waals surface area contributed by atoms with Crippen LogP contribution in [0.2, 0.25) is 10.2 Å². The second-order valence-corrected chi connectivity index (χ2v) is 9.83. The van der Waals surface area contributed by atoms with Crippen molar-refractivity contribution in [1.29, 1.82) is 0 Å². The van der Waals surface area contributed by atoms with Gasteiger partial charge in [0.1, 0.15) is 5.15 Å². The number of nitrogens with zero attached hydrogens (tertiary/aromatic N) is 3. The summed E-state index contributed by atoms with van der Waals surface area (Å²) in [6.07, 6.45) is 0. The van der Waals surface area contributed by atoms with Crippen LogP contribution in [0.4, 0.5) is 5.69 Å². The van der Waals surface area contributed by atoms with Crippen LogP contribution in [0, 0.1) is 13.8 Å². The van der Waals surface area contributed by atoms with Gasteiger partial charge in [0.15, 0.2) is 0 Å². The predicted molar refractivity (Wildman–Crippen MR) is 131 cm³/mol. The second kappa shape index (κ2) is 7.97. The van der Waals surface area contributed by atoms with Crippen molar-refractivity contribution < 1.29 is 4.79 Å². The van der Waals surface area contributed by atoms with E-state index in [2.05, 4.69) is 29.8 Å². The number of piperazine rings is 1. The first kappa shape index (κ1) is 20.6. The molecule has 0 saturated carbocycles. The first-order chi connectivity index (χ1) is 14.9. The van der Waals surface area contributed by atoms with Gasteiger partial charge in [-0.05, 0) is 49.7 Å². The van der Waals surface area contributed by atoms with E-state index in [1.54, 1.807) is 0 Å². The lowest BCUT2D eigenvalue weighted by atomic mass is 10.1. The minimum absolute atomic E-state index is 0.0561. The lowest BCUT2D eigenvalue weighted by Crippen LogP contribution is -2.48. The highest BCUT2D eigenvalue weighted by Crippen LogP contribution is 2.37. The maximum atomic E-state index is 13.3. The lowest BCUT2D eigenvalue weighted by molar-refractivity contribution is 0.0751. The molecule has 4 aromatic rings. The fourth-order valence-corrected chi connectivity index (χ4v) is 5.79. The molecule has 1 fully saturated rings. The average molecular weight is 470 g/mol. The third-order valence-corrected chi connectivity index (χ3v) is 7.54. The lowest BCUT2D eigenvalue weighted by Gasteiger charge is -2.36. The summed E-state index contributed by atoms with van der Waals surface area (Å²) in [5, 5.41) is 3.08. The SMILES string of the molecule is Cc1ccc2nc(Cl)c3cc(C(=O)N4CCN(c5cc(Cl)ccc5C)CC4)sc3c2c1. The second-order valence-electron chi connectivity index (χ2n) is 7.99. The fraction of sp³-hybridized carbons (Fsp3) is 0.250. The number of fused-ring (bicyclic) bond motifs is 3. The van der Waals surface area contributed by atoms with Gasteiger partial charge in [-0.15, -0.1) is 11.3 Å². The zero-order valence-electron chi connectivity index (χ0n) is 17.3. The Balaban J connectivity index is 1.41. The van der Waals surface area contributed by atoms with Gasteiger partial charge in [0.2, 0.25) is 0 Å². The molecule has 2 aromatic heterocycles. The molecular formula is C24H21Cl2N3OS. The van der Waals surface area contributed by atoms with Crippen molar-refractivity contribution in [3.63, 3.8) is 0 Å². The number of aromatic nitrogens is 1. The van der Waals surface area contributed by atoms with Crippen LogP contribution in [0.25, 0.3) is 21.0 Å². The van der Waals surface area contributed by atoms with Gasteiger partial charge in [0, 0.05) is 52.4 Å². The normalized spacial score (nSPS) is 14.6. The van der Waals surface area contributed by atoms with Crippen LogP contribution in [-0.2, 0) is 0 Å². The van der Waals surface area contributed by atoms with Gasteiger partial charge in [-0.2, -0.15) is 0 Å². The number of amides is 1. The van der Waals surface area contributed by atoms with E-state index in [1.165, 1.54) is 16.9 Å². The molecule has 1 amide bonds. The minimum atomic E-state index is 0.0561. The highest BCUT2D eigenvalue weighted by Gasteiger charge is 2.25. The van der Waals surface area contributed by atoms with Crippen molar-refractivity contribution in [3.05, 3.63) is 68.6 Å². The van der Waals surface area contributed by atoms with Gasteiger partial charge in [-0.1, -0.05) is 40.9 Å². The number of rotatable bonds is 2. The summed E-state index contributed by atoms with van der Waals surface area (Å²) in [5.74, 6) is 0.0561. The molecule has 1 saturated heterocycles. The van der Waals surface area contributed by atoms with E-state index < -0.39 is 0 Å². The van der Waals surface area contributed by atoms with Crippen LogP contribution in [0.5, 0.6) is 0 Å². The summed E-state index contributed by atoms with van der Waals surface area (Å²) in [5.41, 5.74) is 4.35. The third kappa shape index (κ3) is 3.75. The maximum absolute atomic E-state index is 13.3. The number of carbonyl (C=O) groups is 1.